The monoisotopic (exact) mass is 496 g/mol. The average molecular weight is 497 g/mol. The summed E-state index contributed by atoms with van der Waals surface area (Å²) in [6.07, 6.45) is 1.43. The van der Waals surface area contributed by atoms with Crippen molar-refractivity contribution < 1.29 is 23.8 Å². The Hall–Kier alpha value is -3.80. The van der Waals surface area contributed by atoms with Gasteiger partial charge in [0.15, 0.2) is 11.5 Å². The van der Waals surface area contributed by atoms with Crippen molar-refractivity contribution in [3.05, 3.63) is 69.6 Å². The fraction of sp³-hybridized carbons (Fsp3) is 0.160. The molecule has 0 fully saturated rings. The van der Waals surface area contributed by atoms with Crippen LogP contribution in [-0.2, 0) is 9.53 Å². The Labute approximate surface area is 206 Å². The topological polar surface area (TPSA) is 97.7 Å². The molecule has 0 bridgehead atoms. The van der Waals surface area contributed by atoms with Crippen molar-refractivity contribution in [1.82, 2.24) is 0 Å². The van der Waals surface area contributed by atoms with Crippen molar-refractivity contribution in [2.45, 2.75) is 6.92 Å². The van der Waals surface area contributed by atoms with Gasteiger partial charge in [0.1, 0.15) is 22.2 Å². The fourth-order valence-electron chi connectivity index (χ4n) is 3.13. The number of carbonyl (C=O) groups is 2. The van der Waals surface area contributed by atoms with Crippen LogP contribution in [0.3, 0.4) is 0 Å². The van der Waals surface area contributed by atoms with Crippen LogP contribution in [0.25, 0.3) is 17.2 Å². The van der Waals surface area contributed by atoms with Crippen LogP contribution in [0.2, 0.25) is 5.02 Å². The zero-order chi connectivity index (χ0) is 24.7. The van der Waals surface area contributed by atoms with Gasteiger partial charge in [-0.3, -0.25) is 4.79 Å². The molecule has 3 rings (SSSR count). The Kier molecular flexibility index (Phi) is 8.30. The van der Waals surface area contributed by atoms with Crippen molar-refractivity contribution in [2.75, 3.05) is 26.1 Å². The number of esters is 1. The number of methoxy groups -OCH3 is 2. The van der Waals surface area contributed by atoms with Gasteiger partial charge in [0.25, 0.3) is 5.91 Å². The Morgan fingerprint density at radius 3 is 2.44 bits per heavy atom. The molecule has 0 aliphatic heterocycles. The van der Waals surface area contributed by atoms with E-state index in [1.807, 2.05) is 6.07 Å². The first kappa shape index (κ1) is 24.8. The van der Waals surface area contributed by atoms with Crippen LogP contribution in [-0.4, -0.2) is 32.7 Å². The minimum absolute atomic E-state index is 0.150. The molecule has 0 spiro atoms. The van der Waals surface area contributed by atoms with Crippen LogP contribution in [0.15, 0.2) is 53.4 Å². The third-order valence-corrected chi connectivity index (χ3v) is 5.88. The summed E-state index contributed by atoms with van der Waals surface area (Å²) in [7, 11) is 3.01. The number of nitrogens with one attached hydrogen (secondary N) is 1. The van der Waals surface area contributed by atoms with Gasteiger partial charge in [-0.25, -0.2) is 4.79 Å². The molecule has 1 N–H and O–H groups in total. The predicted molar refractivity (Wildman–Crippen MR) is 132 cm³/mol. The van der Waals surface area contributed by atoms with Crippen LogP contribution >= 0.6 is 22.9 Å². The minimum atomic E-state index is -0.660. The van der Waals surface area contributed by atoms with E-state index in [0.29, 0.717) is 27.6 Å². The molecular formula is C25H21ClN2O5S. The number of amides is 1. The standard InChI is InChI=1S/C25H21ClN2O5S/c1-4-33-25(30)22-19(16-6-8-18(26)9-7-16)14-34-24(22)28-23(29)17(13-27)11-15-5-10-20(31-2)21(12-15)32-3/h5-12,14H,4H2,1-3H3,(H,28,29)/b17-11+. The fourth-order valence-corrected chi connectivity index (χ4v) is 4.20. The molecule has 0 unspecified atom stereocenters. The SMILES string of the molecule is CCOC(=O)c1c(-c2ccc(Cl)cc2)csc1NC(=O)/C(C#N)=C/c1ccc(OC)c(OC)c1. The highest BCUT2D eigenvalue weighted by Crippen LogP contribution is 2.37. The lowest BCUT2D eigenvalue weighted by atomic mass is 10.0. The Morgan fingerprint density at radius 1 is 1.12 bits per heavy atom. The van der Waals surface area contributed by atoms with Crippen LogP contribution < -0.4 is 14.8 Å². The molecule has 2 aromatic carbocycles. The van der Waals surface area contributed by atoms with E-state index in [2.05, 4.69) is 5.32 Å². The molecule has 1 heterocycles. The van der Waals surface area contributed by atoms with Gasteiger partial charge >= 0.3 is 5.97 Å². The first-order valence-corrected chi connectivity index (χ1v) is 11.4. The number of halogens is 1. The summed E-state index contributed by atoms with van der Waals surface area (Å²) in [5.41, 5.74) is 1.97. The number of hydrogen-bond acceptors (Lipinski definition) is 7. The van der Waals surface area contributed by atoms with Crippen molar-refractivity contribution in [2.24, 2.45) is 0 Å². The third-order valence-electron chi connectivity index (χ3n) is 4.74. The summed E-state index contributed by atoms with van der Waals surface area (Å²) < 4.78 is 15.7. The second-order valence-corrected chi connectivity index (χ2v) is 8.14. The molecule has 7 nitrogen and oxygen atoms in total. The second kappa shape index (κ2) is 11.4. The number of thiophene rings is 1. The molecule has 0 atom stereocenters. The molecule has 0 aliphatic carbocycles. The van der Waals surface area contributed by atoms with E-state index >= 15 is 0 Å². The number of nitrogens with zero attached hydrogens (tertiary/aromatic N) is 1. The van der Waals surface area contributed by atoms with E-state index < -0.39 is 11.9 Å². The average Bonchev–Trinajstić information content (AvgIpc) is 3.26. The van der Waals surface area contributed by atoms with E-state index in [1.54, 1.807) is 54.8 Å². The zero-order valence-corrected chi connectivity index (χ0v) is 20.3. The quantitative estimate of drug-likeness (QED) is 0.240. The Morgan fingerprint density at radius 2 is 1.82 bits per heavy atom. The maximum Gasteiger partial charge on any atom is 0.341 e. The molecule has 1 aromatic heterocycles. The lowest BCUT2D eigenvalue weighted by molar-refractivity contribution is -0.112. The van der Waals surface area contributed by atoms with Gasteiger partial charge in [-0.1, -0.05) is 29.8 Å². The van der Waals surface area contributed by atoms with E-state index in [0.717, 1.165) is 16.9 Å². The molecule has 0 saturated heterocycles. The predicted octanol–water partition coefficient (Wildman–Crippen LogP) is 5.81. The van der Waals surface area contributed by atoms with Crippen molar-refractivity contribution in [3.8, 4) is 28.7 Å². The van der Waals surface area contributed by atoms with Gasteiger partial charge in [0.05, 0.1) is 20.8 Å². The molecule has 1 amide bonds. The number of nitriles is 1. The maximum atomic E-state index is 12.9. The van der Waals surface area contributed by atoms with Gasteiger partial charge in [-0.05, 0) is 48.4 Å². The van der Waals surface area contributed by atoms with Gasteiger partial charge < -0.3 is 19.5 Å². The van der Waals surface area contributed by atoms with Crippen molar-refractivity contribution >= 4 is 45.9 Å². The number of benzene rings is 2. The Bertz CT molecular complexity index is 1280. The van der Waals surface area contributed by atoms with Crippen molar-refractivity contribution in [3.63, 3.8) is 0 Å². The van der Waals surface area contributed by atoms with Gasteiger partial charge in [-0.15, -0.1) is 11.3 Å². The van der Waals surface area contributed by atoms with Gasteiger partial charge in [0, 0.05) is 16.0 Å². The summed E-state index contributed by atoms with van der Waals surface area (Å²) >= 11 is 7.14. The second-order valence-electron chi connectivity index (χ2n) is 6.82. The largest absolute Gasteiger partial charge is 0.493 e. The van der Waals surface area contributed by atoms with Crippen molar-refractivity contribution in [1.29, 1.82) is 5.26 Å². The Balaban J connectivity index is 1.95. The molecule has 174 valence electrons. The van der Waals surface area contributed by atoms with Gasteiger partial charge in [0.2, 0.25) is 0 Å². The molecular weight excluding hydrogens is 476 g/mol. The van der Waals surface area contributed by atoms with E-state index in [4.69, 9.17) is 25.8 Å². The summed E-state index contributed by atoms with van der Waals surface area (Å²) in [4.78, 5) is 25.7. The summed E-state index contributed by atoms with van der Waals surface area (Å²) in [5.74, 6) is -0.252. The molecule has 9 heteroatoms. The number of rotatable bonds is 8. The molecule has 0 aliphatic rings. The smallest absolute Gasteiger partial charge is 0.341 e. The van der Waals surface area contributed by atoms with E-state index in [-0.39, 0.29) is 22.7 Å². The lowest BCUT2D eigenvalue weighted by Crippen LogP contribution is -2.16. The van der Waals surface area contributed by atoms with Gasteiger partial charge in [-0.2, -0.15) is 5.26 Å². The molecule has 0 saturated carbocycles. The number of hydrogen-bond donors (Lipinski definition) is 1. The van der Waals surface area contributed by atoms with Crippen LogP contribution in [0.1, 0.15) is 22.8 Å². The molecule has 3 aromatic rings. The molecule has 34 heavy (non-hydrogen) atoms. The first-order chi connectivity index (χ1) is 16.4. The highest BCUT2D eigenvalue weighted by atomic mass is 35.5. The van der Waals surface area contributed by atoms with Crippen LogP contribution in [0.5, 0.6) is 11.5 Å². The minimum Gasteiger partial charge on any atom is -0.493 e. The van der Waals surface area contributed by atoms with Crippen LogP contribution in [0.4, 0.5) is 5.00 Å². The molecule has 0 radical (unpaired) electrons. The lowest BCUT2D eigenvalue weighted by Gasteiger charge is -2.09. The first-order valence-electron chi connectivity index (χ1n) is 10.1. The summed E-state index contributed by atoms with van der Waals surface area (Å²) in [5, 5.41) is 14.9. The highest BCUT2D eigenvalue weighted by molar-refractivity contribution is 7.15. The van der Waals surface area contributed by atoms with Crippen LogP contribution in [0, 0.1) is 11.3 Å². The number of carbonyl (C=O) groups excluding carboxylic acids is 2. The number of anilines is 1. The third kappa shape index (κ3) is 5.57. The van der Waals surface area contributed by atoms with E-state index in [9.17, 15) is 14.9 Å². The number of ether oxygens (including phenoxy) is 3. The zero-order valence-electron chi connectivity index (χ0n) is 18.7. The highest BCUT2D eigenvalue weighted by Gasteiger charge is 2.24. The normalized spacial score (nSPS) is 10.9. The summed E-state index contributed by atoms with van der Waals surface area (Å²) in [6, 6.07) is 13.9. The van der Waals surface area contributed by atoms with E-state index in [1.165, 1.54) is 20.3 Å². The maximum absolute atomic E-state index is 12.9. The summed E-state index contributed by atoms with van der Waals surface area (Å²) in [6.45, 7) is 1.87.